The van der Waals surface area contributed by atoms with Gasteiger partial charge in [-0.3, -0.25) is 14.2 Å². The Bertz CT molecular complexity index is 1130. The third-order valence-electron chi connectivity index (χ3n) is 4.10. The second-order valence-corrected chi connectivity index (χ2v) is 7.10. The van der Waals surface area contributed by atoms with Gasteiger partial charge in [-0.25, -0.2) is 4.68 Å². The highest BCUT2D eigenvalue weighted by Crippen LogP contribution is 2.18. The summed E-state index contributed by atoms with van der Waals surface area (Å²) in [5.74, 6) is 1.26. The number of H-pyrrole nitrogens is 1. The van der Waals surface area contributed by atoms with E-state index in [-0.39, 0.29) is 11.1 Å². The SMILES string of the molecule is CC(C)(C)n1ncc2c(=O)[nH]c(NCCc3nnc4ccccn34)nc21. The largest absolute Gasteiger partial charge is 0.355 e. The first-order valence-corrected chi connectivity index (χ1v) is 8.44. The summed E-state index contributed by atoms with van der Waals surface area (Å²) < 4.78 is 3.70. The molecule has 4 aromatic rings. The number of rotatable bonds is 4. The van der Waals surface area contributed by atoms with Crippen molar-refractivity contribution < 1.29 is 0 Å². The number of hydrogen-bond donors (Lipinski definition) is 2. The first kappa shape index (κ1) is 16.2. The first-order valence-electron chi connectivity index (χ1n) is 8.44. The van der Waals surface area contributed by atoms with Gasteiger partial charge in [-0.05, 0) is 32.9 Å². The van der Waals surface area contributed by atoms with Gasteiger partial charge in [-0.2, -0.15) is 10.1 Å². The molecule has 0 unspecified atom stereocenters. The number of fused-ring (bicyclic) bond motifs is 2. The van der Waals surface area contributed by atoms with Gasteiger partial charge in [0.1, 0.15) is 11.2 Å². The Labute approximate surface area is 149 Å². The van der Waals surface area contributed by atoms with Gasteiger partial charge >= 0.3 is 0 Å². The zero-order valence-electron chi connectivity index (χ0n) is 14.9. The fourth-order valence-corrected chi connectivity index (χ4v) is 2.85. The quantitative estimate of drug-likeness (QED) is 0.577. The molecule has 9 heteroatoms. The number of pyridine rings is 1. The number of anilines is 1. The summed E-state index contributed by atoms with van der Waals surface area (Å²) in [7, 11) is 0. The molecule has 0 saturated heterocycles. The highest BCUT2D eigenvalue weighted by molar-refractivity contribution is 5.74. The van der Waals surface area contributed by atoms with E-state index in [2.05, 4.69) is 30.6 Å². The summed E-state index contributed by atoms with van der Waals surface area (Å²) in [5.41, 5.74) is 0.905. The molecule has 0 atom stereocenters. The standard InChI is InChI=1S/C17H20N8O/c1-17(2,3)25-14-11(10-19-25)15(26)21-16(20-14)18-8-7-13-23-22-12-6-4-5-9-24(12)13/h4-6,9-10H,7-8H2,1-3H3,(H2,18,20,21,26). The van der Waals surface area contributed by atoms with Crippen LogP contribution in [0, 0.1) is 0 Å². The summed E-state index contributed by atoms with van der Waals surface area (Å²) in [4.78, 5) is 19.6. The predicted octanol–water partition coefficient (Wildman–Crippen LogP) is 1.57. The van der Waals surface area contributed by atoms with Crippen LogP contribution in [0.15, 0.2) is 35.4 Å². The lowest BCUT2D eigenvalue weighted by atomic mass is 10.1. The normalized spacial score (nSPS) is 12.1. The van der Waals surface area contributed by atoms with Crippen molar-refractivity contribution in [1.29, 1.82) is 0 Å². The third kappa shape index (κ3) is 2.81. The molecule has 0 aliphatic rings. The van der Waals surface area contributed by atoms with E-state index in [1.54, 1.807) is 10.9 Å². The van der Waals surface area contributed by atoms with Crippen LogP contribution in [0.3, 0.4) is 0 Å². The van der Waals surface area contributed by atoms with Gasteiger partial charge in [0, 0.05) is 19.2 Å². The minimum Gasteiger partial charge on any atom is -0.355 e. The van der Waals surface area contributed by atoms with Crippen molar-refractivity contribution in [2.45, 2.75) is 32.7 Å². The van der Waals surface area contributed by atoms with E-state index in [4.69, 9.17) is 0 Å². The summed E-state index contributed by atoms with van der Waals surface area (Å²) in [5, 5.41) is 16.3. The molecule has 4 aromatic heterocycles. The first-order chi connectivity index (χ1) is 12.4. The average Bonchev–Trinajstić information content (AvgIpc) is 3.19. The number of nitrogens with one attached hydrogen (secondary N) is 2. The number of hydrogen-bond acceptors (Lipinski definition) is 6. The molecule has 26 heavy (non-hydrogen) atoms. The van der Waals surface area contributed by atoms with Crippen molar-refractivity contribution in [3.63, 3.8) is 0 Å². The van der Waals surface area contributed by atoms with E-state index in [9.17, 15) is 4.79 Å². The molecule has 0 aliphatic carbocycles. The van der Waals surface area contributed by atoms with E-state index in [1.165, 1.54) is 0 Å². The van der Waals surface area contributed by atoms with Crippen molar-refractivity contribution in [3.05, 3.63) is 46.8 Å². The van der Waals surface area contributed by atoms with Crippen LogP contribution in [-0.4, -0.2) is 40.9 Å². The molecule has 0 aromatic carbocycles. The maximum atomic E-state index is 12.3. The smallest absolute Gasteiger partial charge is 0.263 e. The van der Waals surface area contributed by atoms with Crippen LogP contribution in [0.25, 0.3) is 16.7 Å². The Balaban J connectivity index is 1.56. The fourth-order valence-electron chi connectivity index (χ4n) is 2.85. The monoisotopic (exact) mass is 352 g/mol. The second kappa shape index (κ2) is 5.94. The van der Waals surface area contributed by atoms with Gasteiger partial charge < -0.3 is 5.32 Å². The highest BCUT2D eigenvalue weighted by Gasteiger charge is 2.19. The fraction of sp³-hybridized carbons (Fsp3) is 0.353. The van der Waals surface area contributed by atoms with Gasteiger partial charge in [0.15, 0.2) is 11.3 Å². The molecular weight excluding hydrogens is 332 g/mol. The third-order valence-corrected chi connectivity index (χ3v) is 4.10. The minimum atomic E-state index is -0.264. The minimum absolute atomic E-state index is 0.207. The molecule has 9 nitrogen and oxygen atoms in total. The van der Waals surface area contributed by atoms with Crippen LogP contribution in [0.2, 0.25) is 0 Å². The maximum Gasteiger partial charge on any atom is 0.263 e. The summed E-state index contributed by atoms with van der Waals surface area (Å²) in [6.07, 6.45) is 4.13. The van der Waals surface area contributed by atoms with E-state index in [0.717, 1.165) is 11.5 Å². The van der Waals surface area contributed by atoms with Crippen molar-refractivity contribution in [1.82, 2.24) is 34.3 Å². The van der Waals surface area contributed by atoms with Gasteiger partial charge in [0.05, 0.1) is 11.7 Å². The molecular formula is C17H20N8O. The number of aromatic nitrogens is 7. The van der Waals surface area contributed by atoms with Crippen molar-refractivity contribution in [3.8, 4) is 0 Å². The Morgan fingerprint density at radius 3 is 2.88 bits per heavy atom. The zero-order chi connectivity index (χ0) is 18.3. The van der Waals surface area contributed by atoms with Crippen LogP contribution >= 0.6 is 0 Å². The molecule has 4 rings (SSSR count). The Kier molecular flexibility index (Phi) is 3.71. The van der Waals surface area contributed by atoms with E-state index < -0.39 is 0 Å². The topological polar surface area (TPSA) is 106 Å². The van der Waals surface area contributed by atoms with Crippen LogP contribution in [0.1, 0.15) is 26.6 Å². The highest BCUT2D eigenvalue weighted by atomic mass is 16.1. The summed E-state index contributed by atoms with van der Waals surface area (Å²) in [6.45, 7) is 6.62. The zero-order valence-corrected chi connectivity index (χ0v) is 14.9. The lowest BCUT2D eigenvalue weighted by Crippen LogP contribution is -2.24. The van der Waals surface area contributed by atoms with Crippen LogP contribution in [0.4, 0.5) is 5.95 Å². The van der Waals surface area contributed by atoms with Crippen LogP contribution in [0.5, 0.6) is 0 Å². The summed E-state index contributed by atoms with van der Waals surface area (Å²) >= 11 is 0. The summed E-state index contributed by atoms with van der Waals surface area (Å²) in [6, 6.07) is 5.77. The molecule has 2 N–H and O–H groups in total. The van der Waals surface area contributed by atoms with Crippen molar-refractivity contribution in [2.24, 2.45) is 0 Å². The molecule has 0 amide bonds. The lowest BCUT2D eigenvalue weighted by molar-refractivity contribution is 0.366. The van der Waals surface area contributed by atoms with E-state index >= 15 is 0 Å². The average molecular weight is 352 g/mol. The van der Waals surface area contributed by atoms with Crippen molar-refractivity contribution in [2.75, 3.05) is 11.9 Å². The number of nitrogens with zero attached hydrogens (tertiary/aromatic N) is 6. The Hall–Kier alpha value is -3.23. The molecule has 4 heterocycles. The van der Waals surface area contributed by atoms with Gasteiger partial charge in [0.2, 0.25) is 5.95 Å². The van der Waals surface area contributed by atoms with E-state index in [0.29, 0.717) is 29.9 Å². The number of aromatic amines is 1. The lowest BCUT2D eigenvalue weighted by Gasteiger charge is -2.19. The van der Waals surface area contributed by atoms with E-state index in [1.807, 2.05) is 49.6 Å². The molecule has 0 spiro atoms. The van der Waals surface area contributed by atoms with Gasteiger partial charge in [-0.1, -0.05) is 6.07 Å². The van der Waals surface area contributed by atoms with Crippen molar-refractivity contribution >= 4 is 22.6 Å². The van der Waals surface area contributed by atoms with Gasteiger partial charge in [-0.15, -0.1) is 10.2 Å². The molecule has 0 radical (unpaired) electrons. The maximum absolute atomic E-state index is 12.3. The predicted molar refractivity (Wildman–Crippen MR) is 98.3 cm³/mol. The molecule has 0 bridgehead atoms. The van der Waals surface area contributed by atoms with Crippen LogP contribution in [-0.2, 0) is 12.0 Å². The van der Waals surface area contributed by atoms with Gasteiger partial charge in [0.25, 0.3) is 5.56 Å². The molecule has 0 saturated carbocycles. The molecule has 0 aliphatic heterocycles. The molecule has 134 valence electrons. The molecule has 0 fully saturated rings. The Morgan fingerprint density at radius 1 is 1.23 bits per heavy atom. The second-order valence-electron chi connectivity index (χ2n) is 7.10. The Morgan fingerprint density at radius 2 is 2.08 bits per heavy atom. The van der Waals surface area contributed by atoms with Crippen LogP contribution < -0.4 is 10.9 Å².